The molecule has 0 saturated heterocycles. The molecule has 2 N–H and O–H groups in total. The molecule has 184 valence electrons. The summed E-state index contributed by atoms with van der Waals surface area (Å²) in [5, 5.41) is 4.96. The number of hydrogen-bond donors (Lipinski definition) is 2. The van der Waals surface area contributed by atoms with E-state index in [9.17, 15) is 31.8 Å². The molecule has 10 nitrogen and oxygen atoms in total. The van der Waals surface area contributed by atoms with Crippen LogP contribution in [0.3, 0.4) is 0 Å². The van der Waals surface area contributed by atoms with Gasteiger partial charge in [-0.05, 0) is 13.8 Å². The Kier molecular flexibility index (Phi) is 44.9. The molecule has 0 aliphatic heterocycles. The number of rotatable bonds is 2. The Labute approximate surface area is 185 Å². The highest BCUT2D eigenvalue weighted by Gasteiger charge is 1.79. The summed E-state index contributed by atoms with van der Waals surface area (Å²) in [5.41, 5.74) is 0. The minimum atomic E-state index is -2.67. The van der Waals surface area contributed by atoms with Crippen molar-refractivity contribution >= 4 is 44.2 Å². The molecule has 0 spiro atoms. The van der Waals surface area contributed by atoms with Gasteiger partial charge < -0.3 is 20.2 Å². The van der Waals surface area contributed by atoms with E-state index in [1.54, 1.807) is 26.5 Å². The first-order valence-corrected chi connectivity index (χ1v) is 12.9. The predicted octanol–water partition coefficient (Wildman–Crippen LogP) is 0.715. The topological polar surface area (TPSA) is 153 Å². The molecule has 30 heavy (non-hydrogen) atoms. The van der Waals surface area contributed by atoms with Crippen LogP contribution in [0.2, 0.25) is 0 Å². The Bertz CT molecular complexity index is 517. The molecular weight excluding hydrogens is 436 g/mol. The number of sulfone groups is 1. The highest BCUT2D eigenvalue weighted by Crippen LogP contribution is 1.71. The van der Waals surface area contributed by atoms with E-state index >= 15 is 0 Å². The van der Waals surface area contributed by atoms with Gasteiger partial charge in [-0.2, -0.15) is 0 Å². The van der Waals surface area contributed by atoms with Crippen molar-refractivity contribution in [2.24, 2.45) is 0 Å². The maximum absolute atomic E-state index is 9.93. The number of amides is 2. The van der Waals surface area contributed by atoms with Crippen molar-refractivity contribution in [1.29, 1.82) is 0 Å². The molecule has 0 unspecified atom stereocenters. The van der Waals surface area contributed by atoms with E-state index < -0.39 is 20.6 Å². The van der Waals surface area contributed by atoms with Crippen LogP contribution in [0.25, 0.3) is 0 Å². The van der Waals surface area contributed by atoms with E-state index in [0.29, 0.717) is 6.42 Å². The van der Waals surface area contributed by atoms with Crippen LogP contribution in [0.15, 0.2) is 0 Å². The largest absolute Gasteiger partial charge is 0.469 e. The fourth-order valence-electron chi connectivity index (χ4n) is 0.249. The van der Waals surface area contributed by atoms with E-state index in [2.05, 4.69) is 15.4 Å². The first kappa shape index (κ1) is 42.3. The molecule has 12 heteroatoms. The average Bonchev–Trinajstić information content (AvgIpc) is 2.54. The Morgan fingerprint density at radius 3 is 1.10 bits per heavy atom. The molecule has 0 aliphatic rings. The lowest BCUT2D eigenvalue weighted by molar-refractivity contribution is -0.138. The third kappa shape index (κ3) is 322. The summed E-state index contributed by atoms with van der Waals surface area (Å²) in [5.74, 6) is 0.0532. The van der Waals surface area contributed by atoms with E-state index in [1.165, 1.54) is 27.9 Å². The van der Waals surface area contributed by atoms with Crippen LogP contribution in [-0.2, 0) is 44.6 Å². The minimum Gasteiger partial charge on any atom is -0.469 e. The van der Waals surface area contributed by atoms with Gasteiger partial charge in [0.1, 0.15) is 15.6 Å². The molecule has 2 amide bonds. The summed E-state index contributed by atoms with van der Waals surface area (Å²) in [4.78, 5) is 39.0. The quantitative estimate of drug-likeness (QED) is 0.550. The van der Waals surface area contributed by atoms with Gasteiger partial charge in [0.25, 0.3) is 0 Å². The van der Waals surface area contributed by atoms with Crippen LogP contribution < -0.4 is 10.6 Å². The number of methoxy groups -OCH3 is 1. The van der Waals surface area contributed by atoms with Crippen LogP contribution in [-0.4, -0.2) is 81.9 Å². The summed E-state index contributed by atoms with van der Waals surface area (Å²) >= 11 is 0. The third-order valence-electron chi connectivity index (χ3n) is 1.56. The number of Topliss-reactive ketones (excluding diaryl/α,β-unsaturated/α-hetero) is 1. The molecular formula is C18H42N2O8S2. The van der Waals surface area contributed by atoms with Gasteiger partial charge >= 0.3 is 5.97 Å². The molecule has 0 aromatic heterocycles. The second-order valence-electron chi connectivity index (χ2n) is 5.53. The van der Waals surface area contributed by atoms with Gasteiger partial charge in [0.05, 0.1) is 7.11 Å². The molecule has 0 atom stereocenters. The van der Waals surface area contributed by atoms with E-state index in [4.69, 9.17) is 0 Å². The third-order valence-corrected chi connectivity index (χ3v) is 1.56. The van der Waals surface area contributed by atoms with E-state index in [1.807, 2.05) is 13.8 Å². The number of nitrogens with one attached hydrogen (secondary N) is 2. The first-order valence-electron chi connectivity index (χ1n) is 8.68. The highest BCUT2D eigenvalue weighted by molar-refractivity contribution is 7.89. The Hall–Kier alpha value is -1.82. The van der Waals surface area contributed by atoms with Crippen molar-refractivity contribution in [1.82, 2.24) is 10.6 Å². The van der Waals surface area contributed by atoms with Crippen molar-refractivity contribution < 1.29 is 36.5 Å². The van der Waals surface area contributed by atoms with Crippen LogP contribution in [0.5, 0.6) is 0 Å². The predicted molar refractivity (Wildman–Crippen MR) is 124 cm³/mol. The van der Waals surface area contributed by atoms with Crippen molar-refractivity contribution in [3.8, 4) is 0 Å². The van der Waals surface area contributed by atoms with Crippen molar-refractivity contribution in [3.05, 3.63) is 0 Å². The summed E-state index contributed by atoms with van der Waals surface area (Å²) in [6.07, 6.45) is 6.26. The zero-order chi connectivity index (χ0) is 25.9. The van der Waals surface area contributed by atoms with Crippen molar-refractivity contribution in [3.63, 3.8) is 0 Å². The SMILES string of the molecule is CCC(C)=O.CCNC(C)=O.CNC(C)=O.COC(C)=O.CS(C)(=O)=O.CS(C)=O. The maximum atomic E-state index is 9.93. The monoisotopic (exact) mass is 478 g/mol. The van der Waals surface area contributed by atoms with Gasteiger partial charge in [-0.25, -0.2) is 8.42 Å². The zero-order valence-electron chi connectivity index (χ0n) is 20.5. The van der Waals surface area contributed by atoms with Gasteiger partial charge in [-0.1, -0.05) is 6.92 Å². The second-order valence-corrected chi connectivity index (χ2v) is 9.30. The van der Waals surface area contributed by atoms with E-state index in [-0.39, 0.29) is 23.6 Å². The maximum Gasteiger partial charge on any atom is 0.302 e. The van der Waals surface area contributed by atoms with Gasteiger partial charge in [0.2, 0.25) is 11.8 Å². The second kappa shape index (κ2) is 31.9. The lowest BCUT2D eigenvalue weighted by Crippen LogP contribution is -2.18. The number of carbonyl (C=O) groups is 4. The van der Waals surface area contributed by atoms with Gasteiger partial charge in [-0.3, -0.25) is 18.6 Å². The minimum absolute atomic E-state index is 0.00463. The lowest BCUT2D eigenvalue weighted by atomic mass is 10.4. The Morgan fingerprint density at radius 1 is 0.900 bits per heavy atom. The van der Waals surface area contributed by atoms with E-state index in [0.717, 1.165) is 19.1 Å². The standard InChI is InChI=1S/C4H9NO.C4H8O.C3H7NO.C3H6O2.C2H6O2S.C2H6OS/c1-3-5-4(2)6;1-3-4(2)5;1-3(5)4-2;1-3(4)5-2;1-5(2,3)4;1-4(2)3/h3H2,1-2H3,(H,5,6);3H2,1-2H3;1-2H3,(H,4,5);2*1-2H3;1-2H3. The summed E-state index contributed by atoms with van der Waals surface area (Å²) in [6, 6.07) is 0. The van der Waals surface area contributed by atoms with Gasteiger partial charge in [0.15, 0.2) is 0 Å². The molecule has 0 rings (SSSR count). The molecule has 0 aromatic carbocycles. The molecule has 0 bridgehead atoms. The van der Waals surface area contributed by atoms with Crippen molar-refractivity contribution in [2.45, 2.75) is 48.0 Å². The Morgan fingerprint density at radius 2 is 1.10 bits per heavy atom. The molecule has 0 heterocycles. The fraction of sp³-hybridized carbons (Fsp3) is 0.778. The number of carbonyl (C=O) groups excluding carboxylic acids is 4. The smallest absolute Gasteiger partial charge is 0.302 e. The summed E-state index contributed by atoms with van der Waals surface area (Å²) < 4.78 is 32.9. The molecule has 0 aromatic rings. The number of ketones is 1. The summed E-state index contributed by atoms with van der Waals surface area (Å²) in [7, 11) is -0.329. The Balaban J connectivity index is -0.0000000578. The zero-order valence-corrected chi connectivity index (χ0v) is 22.1. The van der Waals surface area contributed by atoms with Crippen LogP contribution in [0.1, 0.15) is 48.0 Å². The number of ether oxygens (including phenoxy) is 1. The highest BCUT2D eigenvalue weighted by atomic mass is 32.2. The normalized spacial score (nSPS) is 8.17. The number of hydrogen-bond acceptors (Lipinski definition) is 8. The molecule has 0 radical (unpaired) electrons. The van der Waals surface area contributed by atoms with Crippen LogP contribution in [0.4, 0.5) is 0 Å². The average molecular weight is 479 g/mol. The van der Waals surface area contributed by atoms with Gasteiger partial charge in [0, 0.05) is 76.6 Å². The molecule has 0 aliphatic carbocycles. The van der Waals surface area contributed by atoms with Crippen LogP contribution >= 0.6 is 0 Å². The summed E-state index contributed by atoms with van der Waals surface area (Å²) in [6.45, 7) is 10.4. The fourth-order valence-corrected chi connectivity index (χ4v) is 0.249. The lowest BCUT2D eigenvalue weighted by Gasteiger charge is -1.88. The van der Waals surface area contributed by atoms with Crippen LogP contribution in [0, 0.1) is 0 Å². The molecule has 0 fully saturated rings. The first-order chi connectivity index (χ1) is 13.3. The van der Waals surface area contributed by atoms with Crippen molar-refractivity contribution in [2.75, 3.05) is 45.7 Å². The number of esters is 1. The molecule has 0 saturated carbocycles. The van der Waals surface area contributed by atoms with Gasteiger partial charge in [-0.15, -0.1) is 0 Å².